The van der Waals surface area contributed by atoms with E-state index < -0.39 is 17.8 Å². The van der Waals surface area contributed by atoms with Crippen LogP contribution in [-0.4, -0.2) is 37.2 Å². The Hall–Kier alpha value is -3.01. The van der Waals surface area contributed by atoms with E-state index in [-0.39, 0.29) is 16.8 Å². The maximum Gasteiger partial charge on any atom is 0.417 e. The summed E-state index contributed by atoms with van der Waals surface area (Å²) in [4.78, 5) is 29.4. The summed E-state index contributed by atoms with van der Waals surface area (Å²) in [5, 5.41) is 5.38. The first-order valence-electron chi connectivity index (χ1n) is 9.86. The number of hydrogen-bond donors (Lipinski definition) is 2. The Morgan fingerprint density at radius 3 is 2.44 bits per heavy atom. The van der Waals surface area contributed by atoms with Gasteiger partial charge >= 0.3 is 12.3 Å². The van der Waals surface area contributed by atoms with E-state index >= 15 is 0 Å². The summed E-state index contributed by atoms with van der Waals surface area (Å²) in [6.07, 6.45) is -3.23. The van der Waals surface area contributed by atoms with Gasteiger partial charge in [0.25, 0.3) is 0 Å². The second kappa shape index (κ2) is 10.1. The van der Waals surface area contributed by atoms with Crippen molar-refractivity contribution in [1.29, 1.82) is 0 Å². The number of ether oxygens (including phenoxy) is 1. The van der Waals surface area contributed by atoms with Crippen LogP contribution in [0.4, 0.5) is 29.5 Å². The van der Waals surface area contributed by atoms with E-state index in [0.717, 1.165) is 17.8 Å². The van der Waals surface area contributed by atoms with Gasteiger partial charge in [-0.1, -0.05) is 23.7 Å². The van der Waals surface area contributed by atoms with E-state index in [1.165, 1.54) is 7.11 Å². The first-order chi connectivity index (χ1) is 15.2. The number of aromatic nitrogens is 1. The highest BCUT2D eigenvalue weighted by Gasteiger charge is 2.33. The van der Waals surface area contributed by atoms with Crippen LogP contribution in [0, 0.1) is 5.92 Å². The molecule has 172 valence electrons. The molecule has 0 aliphatic carbocycles. The molecule has 7 nitrogen and oxygen atoms in total. The fourth-order valence-electron chi connectivity index (χ4n) is 3.38. The van der Waals surface area contributed by atoms with Crippen LogP contribution >= 0.6 is 11.6 Å². The maximum atomic E-state index is 12.8. The van der Waals surface area contributed by atoms with Crippen LogP contribution in [0.25, 0.3) is 0 Å². The minimum absolute atomic E-state index is 0.0622. The third-order valence-electron chi connectivity index (χ3n) is 5.17. The first-order valence-corrected chi connectivity index (χ1v) is 10.2. The summed E-state index contributed by atoms with van der Waals surface area (Å²) in [5.74, 6) is -0.00759. The molecule has 1 aliphatic heterocycles. The molecule has 1 aliphatic rings. The fraction of sp³-hybridized carbons (Fsp3) is 0.381. The van der Waals surface area contributed by atoms with Crippen LogP contribution in [0.5, 0.6) is 0 Å². The molecule has 1 aromatic carbocycles. The number of nitrogens with one attached hydrogen (secondary N) is 2. The Kier molecular flexibility index (Phi) is 7.44. The Balaban J connectivity index is 1.49. The largest absolute Gasteiger partial charge is 0.453 e. The third kappa shape index (κ3) is 6.03. The van der Waals surface area contributed by atoms with Gasteiger partial charge in [-0.2, -0.15) is 13.2 Å². The summed E-state index contributed by atoms with van der Waals surface area (Å²) in [7, 11) is 1.28. The van der Waals surface area contributed by atoms with Crippen molar-refractivity contribution in [3.63, 3.8) is 0 Å². The lowest BCUT2D eigenvalue weighted by Gasteiger charge is -2.32. The third-order valence-corrected chi connectivity index (χ3v) is 5.44. The van der Waals surface area contributed by atoms with Crippen LogP contribution < -0.4 is 15.5 Å². The van der Waals surface area contributed by atoms with Gasteiger partial charge in [0, 0.05) is 37.4 Å². The molecule has 0 radical (unpaired) electrons. The predicted molar refractivity (Wildman–Crippen MR) is 114 cm³/mol. The van der Waals surface area contributed by atoms with E-state index in [4.69, 9.17) is 11.6 Å². The highest BCUT2D eigenvalue weighted by Crippen LogP contribution is 2.34. The van der Waals surface area contributed by atoms with E-state index in [2.05, 4.69) is 20.4 Å². The summed E-state index contributed by atoms with van der Waals surface area (Å²) in [5.41, 5.74) is 0.552. The smallest absolute Gasteiger partial charge is 0.417 e. The molecule has 11 heteroatoms. The second-order valence-electron chi connectivity index (χ2n) is 7.32. The lowest BCUT2D eigenvalue weighted by atomic mass is 9.95. The molecule has 0 bridgehead atoms. The van der Waals surface area contributed by atoms with Crippen molar-refractivity contribution in [3.05, 3.63) is 52.7 Å². The molecule has 2 heterocycles. The van der Waals surface area contributed by atoms with Gasteiger partial charge in [0.05, 0.1) is 17.7 Å². The van der Waals surface area contributed by atoms with Crippen molar-refractivity contribution in [2.24, 2.45) is 5.92 Å². The average molecular weight is 471 g/mol. The van der Waals surface area contributed by atoms with Gasteiger partial charge in [0.1, 0.15) is 5.82 Å². The lowest BCUT2D eigenvalue weighted by Crippen LogP contribution is -2.40. The fourth-order valence-corrected chi connectivity index (χ4v) is 3.67. The first kappa shape index (κ1) is 23.6. The zero-order valence-electron chi connectivity index (χ0n) is 17.2. The van der Waals surface area contributed by atoms with Crippen LogP contribution in [0.15, 0.2) is 36.5 Å². The Labute approximate surface area is 187 Å². The van der Waals surface area contributed by atoms with Crippen molar-refractivity contribution >= 4 is 35.1 Å². The van der Waals surface area contributed by atoms with Gasteiger partial charge in [-0.15, -0.1) is 0 Å². The number of benzene rings is 1. The standard InChI is InChI=1S/C21H22ClF3N4O3/c1-32-20(31)28-16-4-2-13(3-5-16)11-27-19(30)14-6-8-29(9-7-14)18-17(22)10-15(12-26-18)21(23,24)25/h2-5,10,12,14H,6-9,11H2,1H3,(H,27,30)(H,28,31). The van der Waals surface area contributed by atoms with Crippen molar-refractivity contribution in [2.45, 2.75) is 25.6 Å². The number of pyridine rings is 1. The quantitative estimate of drug-likeness (QED) is 0.674. The number of alkyl halides is 3. The second-order valence-corrected chi connectivity index (χ2v) is 7.73. The van der Waals surface area contributed by atoms with Crippen LogP contribution in [0.2, 0.25) is 5.02 Å². The normalized spacial score (nSPS) is 14.7. The number of halogens is 4. The number of methoxy groups -OCH3 is 1. The molecule has 0 unspecified atom stereocenters. The van der Waals surface area contributed by atoms with E-state index in [1.807, 2.05) is 0 Å². The molecule has 2 amide bonds. The number of rotatable bonds is 5. The number of hydrogen-bond acceptors (Lipinski definition) is 5. The zero-order valence-corrected chi connectivity index (χ0v) is 18.0. The predicted octanol–water partition coefficient (Wildman–Crippen LogP) is 4.46. The number of amides is 2. The SMILES string of the molecule is COC(=O)Nc1ccc(CNC(=O)C2CCN(c3ncc(C(F)(F)F)cc3Cl)CC2)cc1. The Morgan fingerprint density at radius 2 is 1.88 bits per heavy atom. The molecule has 0 saturated carbocycles. The van der Waals surface area contributed by atoms with Gasteiger partial charge in [0.15, 0.2) is 0 Å². The molecule has 2 N–H and O–H groups in total. The van der Waals surface area contributed by atoms with Gasteiger partial charge in [-0.25, -0.2) is 9.78 Å². The molecule has 0 atom stereocenters. The number of carbonyl (C=O) groups excluding carboxylic acids is 2. The van der Waals surface area contributed by atoms with E-state index in [0.29, 0.717) is 44.0 Å². The molecule has 1 aromatic heterocycles. The molecular weight excluding hydrogens is 449 g/mol. The van der Waals surface area contributed by atoms with Crippen LogP contribution in [0.3, 0.4) is 0 Å². The van der Waals surface area contributed by atoms with Gasteiger partial charge in [-0.3, -0.25) is 10.1 Å². The summed E-state index contributed by atoms with van der Waals surface area (Å²) >= 11 is 6.02. The summed E-state index contributed by atoms with van der Waals surface area (Å²) in [6, 6.07) is 7.85. The van der Waals surface area contributed by atoms with E-state index in [1.54, 1.807) is 29.2 Å². The maximum absolute atomic E-state index is 12.8. The molecule has 0 spiro atoms. The monoisotopic (exact) mass is 470 g/mol. The van der Waals surface area contributed by atoms with Gasteiger partial charge in [0.2, 0.25) is 5.91 Å². The highest BCUT2D eigenvalue weighted by atomic mass is 35.5. The minimum atomic E-state index is -4.50. The molecule has 3 rings (SSSR count). The topological polar surface area (TPSA) is 83.6 Å². The highest BCUT2D eigenvalue weighted by molar-refractivity contribution is 6.33. The van der Waals surface area contributed by atoms with Gasteiger partial charge < -0.3 is 15.0 Å². The van der Waals surface area contributed by atoms with Crippen molar-refractivity contribution in [3.8, 4) is 0 Å². The van der Waals surface area contributed by atoms with Crippen molar-refractivity contribution in [1.82, 2.24) is 10.3 Å². The van der Waals surface area contributed by atoms with Crippen molar-refractivity contribution < 1.29 is 27.5 Å². The molecule has 2 aromatic rings. The number of piperidine rings is 1. The minimum Gasteiger partial charge on any atom is -0.453 e. The number of anilines is 2. The Morgan fingerprint density at radius 1 is 1.22 bits per heavy atom. The van der Waals surface area contributed by atoms with Crippen molar-refractivity contribution in [2.75, 3.05) is 30.4 Å². The zero-order chi connectivity index (χ0) is 23.3. The molecule has 1 saturated heterocycles. The number of carbonyl (C=O) groups is 2. The summed E-state index contributed by atoms with van der Waals surface area (Å²) < 4.78 is 42.9. The molecule has 32 heavy (non-hydrogen) atoms. The number of nitrogens with zero attached hydrogens (tertiary/aromatic N) is 2. The van der Waals surface area contributed by atoms with Crippen LogP contribution in [0.1, 0.15) is 24.0 Å². The average Bonchev–Trinajstić information content (AvgIpc) is 2.77. The molecule has 1 fully saturated rings. The molecular formula is C21H22ClF3N4O3. The van der Waals surface area contributed by atoms with E-state index in [9.17, 15) is 22.8 Å². The van der Waals surface area contributed by atoms with Gasteiger partial charge in [-0.05, 0) is 36.6 Å². The van der Waals surface area contributed by atoms with Crippen LogP contribution in [-0.2, 0) is 22.3 Å². The Bertz CT molecular complexity index is 962. The lowest BCUT2D eigenvalue weighted by molar-refractivity contribution is -0.137. The summed E-state index contributed by atoms with van der Waals surface area (Å²) in [6.45, 7) is 1.26.